The van der Waals surface area contributed by atoms with Gasteiger partial charge in [0.05, 0.1) is 24.1 Å². The zero-order chi connectivity index (χ0) is 19.0. The van der Waals surface area contributed by atoms with Crippen molar-refractivity contribution in [1.82, 2.24) is 9.78 Å². The minimum atomic E-state index is -0.307. The number of carbonyl (C=O) groups is 1. The van der Waals surface area contributed by atoms with Crippen molar-refractivity contribution in [3.63, 3.8) is 0 Å². The van der Waals surface area contributed by atoms with Gasteiger partial charge in [-0.1, -0.05) is 13.0 Å². The fourth-order valence-corrected chi connectivity index (χ4v) is 3.48. The van der Waals surface area contributed by atoms with E-state index >= 15 is 0 Å². The van der Waals surface area contributed by atoms with Crippen molar-refractivity contribution in [3.05, 3.63) is 65.6 Å². The zero-order valence-electron chi connectivity index (χ0n) is 15.2. The van der Waals surface area contributed by atoms with Crippen molar-refractivity contribution in [2.24, 2.45) is 5.92 Å². The van der Waals surface area contributed by atoms with E-state index in [1.54, 1.807) is 23.9 Å². The first-order valence-electron chi connectivity index (χ1n) is 8.87. The van der Waals surface area contributed by atoms with Gasteiger partial charge in [0.25, 0.3) is 0 Å². The number of rotatable bonds is 4. The average Bonchev–Trinajstić information content (AvgIpc) is 3.01. The summed E-state index contributed by atoms with van der Waals surface area (Å²) in [5.74, 6) is 1.23. The molecule has 1 heterocycles. The zero-order valence-corrected chi connectivity index (χ0v) is 15.2. The fourth-order valence-electron chi connectivity index (χ4n) is 3.48. The number of methoxy groups -OCH3 is 1. The van der Waals surface area contributed by atoms with Gasteiger partial charge in [-0.05, 0) is 48.7 Å². The van der Waals surface area contributed by atoms with E-state index in [9.17, 15) is 9.18 Å². The number of hydrogen-bond donors (Lipinski definition) is 1. The van der Waals surface area contributed by atoms with Crippen molar-refractivity contribution in [1.29, 1.82) is 0 Å². The highest BCUT2D eigenvalue weighted by atomic mass is 19.1. The molecule has 2 aromatic carbocycles. The topological polar surface area (TPSA) is 56.1 Å². The van der Waals surface area contributed by atoms with E-state index in [0.29, 0.717) is 23.6 Å². The third-order valence-corrected chi connectivity index (χ3v) is 4.74. The predicted octanol–water partition coefficient (Wildman–Crippen LogP) is 4.53. The van der Waals surface area contributed by atoms with Crippen LogP contribution < -0.4 is 10.1 Å². The lowest BCUT2D eigenvalue weighted by atomic mass is 9.87. The summed E-state index contributed by atoms with van der Waals surface area (Å²) in [7, 11) is 1.61. The summed E-state index contributed by atoms with van der Waals surface area (Å²) < 4.78 is 20.3. The monoisotopic (exact) mass is 365 g/mol. The number of hydrogen-bond acceptors (Lipinski definition) is 4. The first kappa shape index (κ1) is 17.3. The molecule has 1 N–H and O–H groups in total. The van der Waals surface area contributed by atoms with E-state index in [1.807, 2.05) is 24.3 Å². The number of halogens is 1. The molecule has 1 atom stereocenters. The Labute approximate surface area is 156 Å². The maximum atomic E-state index is 13.3. The number of nitrogens with one attached hydrogen (secondary N) is 1. The van der Waals surface area contributed by atoms with Crippen molar-refractivity contribution < 1.29 is 13.9 Å². The van der Waals surface area contributed by atoms with Crippen molar-refractivity contribution in [3.8, 4) is 11.4 Å². The van der Waals surface area contributed by atoms with Gasteiger partial charge in [0.15, 0.2) is 11.6 Å². The second-order valence-corrected chi connectivity index (χ2v) is 6.85. The summed E-state index contributed by atoms with van der Waals surface area (Å²) in [6, 6.07) is 13.6. The fraction of sp³-hybridized carbons (Fsp3) is 0.238. The van der Waals surface area contributed by atoms with Crippen LogP contribution in [-0.4, -0.2) is 22.7 Å². The van der Waals surface area contributed by atoms with Crippen LogP contribution in [-0.2, 0) is 6.42 Å². The van der Waals surface area contributed by atoms with Gasteiger partial charge in [0, 0.05) is 18.2 Å². The second kappa shape index (κ2) is 6.87. The average molecular weight is 365 g/mol. The predicted molar refractivity (Wildman–Crippen MR) is 102 cm³/mol. The number of aromatic nitrogens is 2. The van der Waals surface area contributed by atoms with Crippen LogP contribution >= 0.6 is 0 Å². The molecule has 0 saturated carbocycles. The molecule has 4 rings (SSSR count). The van der Waals surface area contributed by atoms with Crippen LogP contribution in [0.2, 0.25) is 0 Å². The van der Waals surface area contributed by atoms with E-state index in [2.05, 4.69) is 17.3 Å². The minimum absolute atomic E-state index is 0.0718. The highest BCUT2D eigenvalue weighted by molar-refractivity contribution is 6.03. The summed E-state index contributed by atoms with van der Waals surface area (Å²) in [5, 5.41) is 7.90. The van der Waals surface area contributed by atoms with Crippen LogP contribution in [0.5, 0.6) is 5.75 Å². The van der Waals surface area contributed by atoms with E-state index < -0.39 is 0 Å². The first-order valence-corrected chi connectivity index (χ1v) is 8.87. The smallest absolute Gasteiger partial charge is 0.168 e. The molecule has 27 heavy (non-hydrogen) atoms. The summed E-state index contributed by atoms with van der Waals surface area (Å²) in [5.41, 5.74) is 2.98. The van der Waals surface area contributed by atoms with Gasteiger partial charge in [0.2, 0.25) is 0 Å². The largest absolute Gasteiger partial charge is 0.497 e. The molecule has 1 aromatic heterocycles. The van der Waals surface area contributed by atoms with E-state index in [4.69, 9.17) is 4.74 Å². The Kier molecular flexibility index (Phi) is 4.39. The molecular formula is C21H20FN3O2. The number of nitrogens with zero attached hydrogens (tertiary/aromatic N) is 2. The molecule has 0 aliphatic heterocycles. The molecule has 0 unspecified atom stereocenters. The third kappa shape index (κ3) is 3.30. The van der Waals surface area contributed by atoms with Crippen LogP contribution in [0.1, 0.15) is 29.4 Å². The molecule has 0 amide bonds. The van der Waals surface area contributed by atoms with Crippen molar-refractivity contribution in [2.45, 2.75) is 19.8 Å². The Balaban J connectivity index is 1.81. The molecule has 138 valence electrons. The summed E-state index contributed by atoms with van der Waals surface area (Å²) in [6.07, 6.45) is 1.24. The maximum absolute atomic E-state index is 13.3. The number of ketones is 1. The molecule has 0 radical (unpaired) electrons. The molecule has 0 bridgehead atoms. The molecular weight excluding hydrogens is 345 g/mol. The van der Waals surface area contributed by atoms with Crippen LogP contribution in [0.3, 0.4) is 0 Å². The summed E-state index contributed by atoms with van der Waals surface area (Å²) in [4.78, 5) is 12.8. The van der Waals surface area contributed by atoms with Crippen LogP contribution in [0.15, 0.2) is 48.5 Å². The number of benzene rings is 2. The Morgan fingerprint density at radius 2 is 1.96 bits per heavy atom. The third-order valence-electron chi connectivity index (χ3n) is 4.74. The Bertz CT molecular complexity index is 995. The minimum Gasteiger partial charge on any atom is -0.497 e. The lowest BCUT2D eigenvalue weighted by molar-refractivity contribution is 0.0953. The van der Waals surface area contributed by atoms with Gasteiger partial charge in [-0.2, -0.15) is 0 Å². The lowest BCUT2D eigenvalue weighted by Crippen LogP contribution is -2.19. The number of fused-ring (bicyclic) bond motifs is 1. The number of anilines is 2. The molecule has 1 aliphatic rings. The standard InChI is InChI=1S/C21H20FN3O2/c1-13-10-18-20(19(26)11-13)21(23-15-4-3-5-17(12-15)27-2)24-25(18)16-8-6-14(22)7-9-16/h3-9,12-13H,10-11H2,1-2H3,(H,23,24)/t13-/m1/s1. The maximum Gasteiger partial charge on any atom is 0.168 e. The number of ether oxygens (including phenoxy) is 1. The Morgan fingerprint density at radius 1 is 1.19 bits per heavy atom. The first-order chi connectivity index (χ1) is 13.0. The van der Waals surface area contributed by atoms with Crippen molar-refractivity contribution >= 4 is 17.3 Å². The van der Waals surface area contributed by atoms with Gasteiger partial charge < -0.3 is 10.1 Å². The normalized spacial score (nSPS) is 16.1. The van der Waals surface area contributed by atoms with Crippen LogP contribution in [0.4, 0.5) is 15.9 Å². The molecule has 0 saturated heterocycles. The Hall–Kier alpha value is -3.15. The molecule has 5 nitrogen and oxygen atoms in total. The molecule has 3 aromatic rings. The highest BCUT2D eigenvalue weighted by Crippen LogP contribution is 2.34. The van der Waals surface area contributed by atoms with Gasteiger partial charge in [0.1, 0.15) is 11.6 Å². The highest BCUT2D eigenvalue weighted by Gasteiger charge is 2.31. The molecule has 0 spiro atoms. The van der Waals surface area contributed by atoms with Crippen LogP contribution in [0, 0.1) is 11.7 Å². The number of Topliss-reactive ketones (excluding diaryl/α,β-unsaturated/α-hetero) is 1. The molecule has 6 heteroatoms. The summed E-state index contributed by atoms with van der Waals surface area (Å²) >= 11 is 0. The summed E-state index contributed by atoms with van der Waals surface area (Å²) in [6.45, 7) is 2.05. The van der Waals surface area contributed by atoms with Gasteiger partial charge in [-0.15, -0.1) is 5.10 Å². The van der Waals surface area contributed by atoms with E-state index in [1.165, 1.54) is 12.1 Å². The van der Waals surface area contributed by atoms with Gasteiger partial charge >= 0.3 is 0 Å². The van der Waals surface area contributed by atoms with Crippen molar-refractivity contribution in [2.75, 3.05) is 12.4 Å². The van der Waals surface area contributed by atoms with E-state index in [-0.39, 0.29) is 17.5 Å². The molecule has 0 fully saturated rings. The van der Waals surface area contributed by atoms with Gasteiger partial charge in [-0.3, -0.25) is 4.79 Å². The Morgan fingerprint density at radius 3 is 2.70 bits per heavy atom. The SMILES string of the molecule is COc1cccc(Nc2nn(-c3ccc(F)cc3)c3c2C(=O)C[C@H](C)C3)c1. The number of carbonyl (C=O) groups excluding carboxylic acids is 1. The van der Waals surface area contributed by atoms with E-state index in [0.717, 1.165) is 23.5 Å². The van der Waals surface area contributed by atoms with Crippen LogP contribution in [0.25, 0.3) is 5.69 Å². The quantitative estimate of drug-likeness (QED) is 0.738. The molecule has 1 aliphatic carbocycles. The second-order valence-electron chi connectivity index (χ2n) is 6.85. The van der Waals surface area contributed by atoms with Gasteiger partial charge in [-0.25, -0.2) is 9.07 Å². The lowest BCUT2D eigenvalue weighted by Gasteiger charge is -2.19.